The van der Waals surface area contributed by atoms with E-state index in [0.717, 1.165) is 39.8 Å². The van der Waals surface area contributed by atoms with Crippen molar-refractivity contribution in [1.29, 1.82) is 0 Å². The van der Waals surface area contributed by atoms with Crippen LogP contribution in [0, 0.1) is 13.8 Å². The molecule has 0 aliphatic heterocycles. The highest BCUT2D eigenvalue weighted by atomic mass is 79.9. The highest BCUT2D eigenvalue weighted by molar-refractivity contribution is 9.10. The fourth-order valence-electron chi connectivity index (χ4n) is 3.26. The Morgan fingerprint density at radius 1 is 1.09 bits per heavy atom. The van der Waals surface area contributed by atoms with E-state index >= 15 is 0 Å². The van der Waals surface area contributed by atoms with E-state index in [4.69, 9.17) is 9.47 Å². The Labute approximate surface area is 199 Å². The Bertz CT molecular complexity index is 892. The molecule has 0 bridgehead atoms. The van der Waals surface area contributed by atoms with Crippen LogP contribution in [0.1, 0.15) is 43.4 Å². The van der Waals surface area contributed by atoms with Crippen LogP contribution in [-0.2, 0) is 16.1 Å². The zero-order chi connectivity index (χ0) is 23.7. The van der Waals surface area contributed by atoms with Gasteiger partial charge in [-0.25, -0.2) is 0 Å². The lowest BCUT2D eigenvalue weighted by Crippen LogP contribution is -2.49. The second-order valence-corrected chi connectivity index (χ2v) is 8.64. The molecular weight excluding hydrogens is 472 g/mol. The van der Waals surface area contributed by atoms with Gasteiger partial charge in [0, 0.05) is 17.6 Å². The Morgan fingerprint density at radius 3 is 2.28 bits per heavy atom. The smallest absolute Gasteiger partial charge is 0.261 e. The predicted molar refractivity (Wildman–Crippen MR) is 130 cm³/mol. The van der Waals surface area contributed by atoms with E-state index < -0.39 is 6.04 Å². The quantitative estimate of drug-likeness (QED) is 0.446. The van der Waals surface area contributed by atoms with Crippen LogP contribution in [0.3, 0.4) is 0 Å². The van der Waals surface area contributed by atoms with Gasteiger partial charge in [-0.2, -0.15) is 0 Å². The molecule has 2 amide bonds. The van der Waals surface area contributed by atoms with Gasteiger partial charge in [-0.15, -0.1) is 0 Å². The number of unbranched alkanes of at least 4 members (excludes halogenated alkanes) is 1. The summed E-state index contributed by atoms with van der Waals surface area (Å²) in [7, 11) is 1.61. The summed E-state index contributed by atoms with van der Waals surface area (Å²) < 4.78 is 12.0. The predicted octanol–water partition coefficient (Wildman–Crippen LogP) is 4.79. The number of methoxy groups -OCH3 is 1. The summed E-state index contributed by atoms with van der Waals surface area (Å²) >= 11 is 3.54. The maximum atomic E-state index is 13.1. The SMILES string of the molecule is CCCCNC(=O)[C@H](C)N(Cc1ccc(OC)cc1)C(=O)COc1cc(C)c(Br)c(C)c1. The first-order chi connectivity index (χ1) is 15.3. The molecule has 0 aliphatic rings. The van der Waals surface area contributed by atoms with Gasteiger partial charge in [0.25, 0.3) is 5.91 Å². The number of nitrogens with zero attached hydrogens (tertiary/aromatic N) is 1. The number of amides is 2. The summed E-state index contributed by atoms with van der Waals surface area (Å²) in [5.74, 6) is 0.940. The lowest BCUT2D eigenvalue weighted by Gasteiger charge is -2.29. The van der Waals surface area contributed by atoms with E-state index in [2.05, 4.69) is 28.2 Å². The number of ether oxygens (including phenoxy) is 2. The van der Waals surface area contributed by atoms with E-state index in [1.54, 1.807) is 18.9 Å². The second kappa shape index (κ2) is 12.5. The third kappa shape index (κ3) is 7.26. The number of hydrogen-bond donors (Lipinski definition) is 1. The van der Waals surface area contributed by atoms with Crippen LogP contribution in [0.15, 0.2) is 40.9 Å². The number of rotatable bonds is 11. The molecule has 0 aliphatic carbocycles. The molecular formula is C25H33BrN2O4. The van der Waals surface area contributed by atoms with Gasteiger partial charge in [0.05, 0.1) is 7.11 Å². The molecule has 2 aromatic carbocycles. The Kier molecular flexibility index (Phi) is 10.0. The molecule has 6 nitrogen and oxygen atoms in total. The molecule has 32 heavy (non-hydrogen) atoms. The van der Waals surface area contributed by atoms with Gasteiger partial charge in [0.15, 0.2) is 6.61 Å². The van der Waals surface area contributed by atoms with Crippen molar-refractivity contribution in [2.75, 3.05) is 20.3 Å². The van der Waals surface area contributed by atoms with Gasteiger partial charge in [-0.05, 0) is 68.1 Å². The molecule has 1 N–H and O–H groups in total. The number of benzene rings is 2. The third-order valence-corrected chi connectivity index (χ3v) is 6.53. The van der Waals surface area contributed by atoms with Crippen molar-refractivity contribution in [3.8, 4) is 11.5 Å². The van der Waals surface area contributed by atoms with E-state index in [0.29, 0.717) is 18.8 Å². The second-order valence-electron chi connectivity index (χ2n) is 7.85. The number of carbonyl (C=O) groups is 2. The maximum Gasteiger partial charge on any atom is 0.261 e. The van der Waals surface area contributed by atoms with Crippen LogP contribution in [-0.4, -0.2) is 43.0 Å². The maximum absolute atomic E-state index is 13.1. The van der Waals surface area contributed by atoms with Crippen LogP contribution in [0.5, 0.6) is 11.5 Å². The lowest BCUT2D eigenvalue weighted by atomic mass is 10.1. The molecule has 174 valence electrons. The van der Waals surface area contributed by atoms with E-state index in [1.807, 2.05) is 50.2 Å². The lowest BCUT2D eigenvalue weighted by molar-refractivity contribution is -0.142. The van der Waals surface area contributed by atoms with E-state index in [-0.39, 0.29) is 18.4 Å². The molecule has 0 unspecified atom stereocenters. The number of halogens is 1. The fourth-order valence-corrected chi connectivity index (χ4v) is 3.49. The fraction of sp³-hybridized carbons (Fsp3) is 0.440. The monoisotopic (exact) mass is 504 g/mol. The summed E-state index contributed by atoms with van der Waals surface area (Å²) in [5, 5.41) is 2.92. The van der Waals surface area contributed by atoms with Crippen LogP contribution < -0.4 is 14.8 Å². The summed E-state index contributed by atoms with van der Waals surface area (Å²) in [6, 6.07) is 10.6. The van der Waals surface area contributed by atoms with Crippen LogP contribution in [0.4, 0.5) is 0 Å². The van der Waals surface area contributed by atoms with Gasteiger partial charge in [0.2, 0.25) is 5.91 Å². The molecule has 0 saturated heterocycles. The standard InChI is InChI=1S/C25H33BrN2O4/c1-6-7-12-27-25(30)19(4)28(15-20-8-10-21(31-5)11-9-20)23(29)16-32-22-13-17(2)24(26)18(3)14-22/h8-11,13-14,19H,6-7,12,15-16H2,1-5H3,(H,27,30)/t19-/m0/s1. The summed E-state index contributed by atoms with van der Waals surface area (Å²) in [4.78, 5) is 27.4. The zero-order valence-electron chi connectivity index (χ0n) is 19.5. The third-order valence-electron chi connectivity index (χ3n) is 5.28. The molecule has 1 atom stereocenters. The van der Waals surface area contributed by atoms with Gasteiger partial charge in [-0.3, -0.25) is 9.59 Å². The van der Waals surface area contributed by atoms with E-state index in [9.17, 15) is 9.59 Å². The number of aryl methyl sites for hydroxylation is 2. The van der Waals surface area contributed by atoms with Gasteiger partial charge in [0.1, 0.15) is 17.5 Å². The number of hydrogen-bond acceptors (Lipinski definition) is 4. The molecule has 2 rings (SSSR count). The van der Waals surface area contributed by atoms with Crippen molar-refractivity contribution in [3.05, 3.63) is 57.6 Å². The van der Waals surface area contributed by atoms with Crippen molar-refractivity contribution in [2.24, 2.45) is 0 Å². The average molecular weight is 505 g/mol. The first-order valence-electron chi connectivity index (χ1n) is 10.9. The van der Waals surface area contributed by atoms with Gasteiger partial charge in [-0.1, -0.05) is 41.4 Å². The van der Waals surface area contributed by atoms with Crippen LogP contribution in [0.2, 0.25) is 0 Å². The largest absolute Gasteiger partial charge is 0.497 e. The van der Waals surface area contributed by atoms with Gasteiger partial charge < -0.3 is 19.7 Å². The Balaban J connectivity index is 2.15. The number of carbonyl (C=O) groups excluding carboxylic acids is 2. The molecule has 0 aromatic heterocycles. The summed E-state index contributed by atoms with van der Waals surface area (Å²) in [6.07, 6.45) is 1.89. The molecule has 0 fully saturated rings. The van der Waals surface area contributed by atoms with Gasteiger partial charge >= 0.3 is 0 Å². The zero-order valence-corrected chi connectivity index (χ0v) is 21.1. The summed E-state index contributed by atoms with van der Waals surface area (Å²) in [5.41, 5.74) is 2.97. The van der Waals surface area contributed by atoms with Crippen molar-refractivity contribution in [2.45, 2.75) is 53.1 Å². The molecule has 0 spiro atoms. The average Bonchev–Trinajstić information content (AvgIpc) is 2.79. The molecule has 7 heteroatoms. The summed E-state index contributed by atoms with van der Waals surface area (Å²) in [6.45, 7) is 8.51. The molecule has 0 radical (unpaired) electrons. The van der Waals surface area contributed by atoms with Crippen LogP contribution in [0.25, 0.3) is 0 Å². The molecule has 0 heterocycles. The highest BCUT2D eigenvalue weighted by Crippen LogP contribution is 2.26. The number of nitrogens with one attached hydrogen (secondary N) is 1. The normalized spacial score (nSPS) is 11.6. The minimum Gasteiger partial charge on any atom is -0.497 e. The highest BCUT2D eigenvalue weighted by Gasteiger charge is 2.26. The molecule has 2 aromatic rings. The van der Waals surface area contributed by atoms with Crippen molar-refractivity contribution in [3.63, 3.8) is 0 Å². The minimum absolute atomic E-state index is 0.150. The van der Waals surface area contributed by atoms with Crippen molar-refractivity contribution in [1.82, 2.24) is 10.2 Å². The first kappa shape index (κ1) is 25.7. The van der Waals surface area contributed by atoms with Crippen molar-refractivity contribution < 1.29 is 19.1 Å². The topological polar surface area (TPSA) is 67.9 Å². The minimum atomic E-state index is -0.626. The Hall–Kier alpha value is -2.54. The van der Waals surface area contributed by atoms with Crippen LogP contribution >= 0.6 is 15.9 Å². The van der Waals surface area contributed by atoms with Crippen molar-refractivity contribution >= 4 is 27.7 Å². The molecule has 0 saturated carbocycles. The first-order valence-corrected chi connectivity index (χ1v) is 11.7. The van der Waals surface area contributed by atoms with E-state index in [1.165, 1.54) is 0 Å². The Morgan fingerprint density at radius 2 is 1.72 bits per heavy atom.